The van der Waals surface area contributed by atoms with Crippen LogP contribution >= 0.6 is 11.3 Å². The van der Waals surface area contributed by atoms with Crippen molar-refractivity contribution in [3.05, 3.63) is 16.6 Å². The van der Waals surface area contributed by atoms with Crippen LogP contribution in [0.25, 0.3) is 0 Å². The van der Waals surface area contributed by atoms with Crippen molar-refractivity contribution in [2.45, 2.75) is 45.7 Å². The first-order valence-corrected chi connectivity index (χ1v) is 7.91. The molecule has 1 saturated heterocycles. The Kier molecular flexibility index (Phi) is 4.75. The van der Waals surface area contributed by atoms with E-state index in [4.69, 9.17) is 0 Å². The summed E-state index contributed by atoms with van der Waals surface area (Å²) in [6.07, 6.45) is 3.11. The fraction of sp³-hybridized carbons (Fsp3) is 0.643. The first-order valence-electron chi connectivity index (χ1n) is 7.03. The van der Waals surface area contributed by atoms with Crippen LogP contribution in [-0.2, 0) is 16.0 Å². The van der Waals surface area contributed by atoms with Crippen LogP contribution in [0.4, 0.5) is 0 Å². The smallest absolute Gasteiger partial charge is 0.246 e. The maximum atomic E-state index is 12.5. The van der Waals surface area contributed by atoms with Gasteiger partial charge in [0, 0.05) is 24.5 Å². The first kappa shape index (κ1) is 15.0. The summed E-state index contributed by atoms with van der Waals surface area (Å²) in [5.74, 6) is 0.0968. The Bertz CT molecular complexity index is 473. The van der Waals surface area contributed by atoms with Gasteiger partial charge in [-0.15, -0.1) is 11.3 Å². The monoisotopic (exact) mass is 295 g/mol. The molecule has 1 N–H and O–H groups in total. The summed E-state index contributed by atoms with van der Waals surface area (Å²) in [6, 6.07) is -0.751. The summed E-state index contributed by atoms with van der Waals surface area (Å²) in [4.78, 5) is 30.6. The lowest BCUT2D eigenvalue weighted by molar-refractivity contribution is -0.150. The zero-order chi connectivity index (χ0) is 14.7. The highest BCUT2D eigenvalue weighted by atomic mass is 32.1. The molecule has 0 saturated carbocycles. The number of rotatable bonds is 5. The highest BCUT2D eigenvalue weighted by molar-refractivity contribution is 7.09. The van der Waals surface area contributed by atoms with Gasteiger partial charge in [-0.25, -0.2) is 4.98 Å². The second-order valence-electron chi connectivity index (χ2n) is 5.36. The molecule has 5 nitrogen and oxygen atoms in total. The van der Waals surface area contributed by atoms with Crippen molar-refractivity contribution < 1.29 is 9.59 Å². The van der Waals surface area contributed by atoms with Crippen molar-refractivity contribution in [1.29, 1.82) is 0 Å². The van der Waals surface area contributed by atoms with E-state index in [2.05, 4.69) is 10.3 Å². The van der Waals surface area contributed by atoms with E-state index in [-0.39, 0.29) is 23.8 Å². The van der Waals surface area contributed by atoms with Crippen LogP contribution < -0.4 is 5.32 Å². The largest absolute Gasteiger partial charge is 0.342 e. The number of nitrogens with one attached hydrogen (secondary N) is 1. The summed E-state index contributed by atoms with van der Waals surface area (Å²) in [7, 11) is 0. The van der Waals surface area contributed by atoms with Crippen molar-refractivity contribution in [1.82, 2.24) is 15.2 Å². The molecule has 0 spiro atoms. The van der Waals surface area contributed by atoms with E-state index in [0.717, 1.165) is 5.01 Å². The molecule has 0 bridgehead atoms. The Morgan fingerprint density at radius 2 is 2.20 bits per heavy atom. The van der Waals surface area contributed by atoms with Crippen molar-refractivity contribution in [2.75, 3.05) is 6.54 Å². The van der Waals surface area contributed by atoms with Gasteiger partial charge >= 0.3 is 0 Å². The highest BCUT2D eigenvalue weighted by Crippen LogP contribution is 2.18. The first-order chi connectivity index (χ1) is 9.54. The van der Waals surface area contributed by atoms with Gasteiger partial charge < -0.3 is 10.2 Å². The molecule has 1 aromatic rings. The minimum absolute atomic E-state index is 0.0306. The Balaban J connectivity index is 2.11. The fourth-order valence-electron chi connectivity index (χ4n) is 2.50. The quantitative estimate of drug-likeness (QED) is 0.894. The van der Waals surface area contributed by atoms with Crippen molar-refractivity contribution in [3.63, 3.8) is 0 Å². The van der Waals surface area contributed by atoms with E-state index in [1.807, 2.05) is 26.2 Å². The van der Waals surface area contributed by atoms with E-state index < -0.39 is 6.04 Å². The Hall–Kier alpha value is -1.43. The number of piperazine rings is 1. The zero-order valence-corrected chi connectivity index (χ0v) is 12.9. The van der Waals surface area contributed by atoms with Gasteiger partial charge in [0.25, 0.3) is 0 Å². The predicted molar refractivity (Wildman–Crippen MR) is 78.4 cm³/mol. The minimum Gasteiger partial charge on any atom is -0.342 e. The lowest BCUT2D eigenvalue weighted by atomic mass is 9.97. The zero-order valence-electron chi connectivity index (χ0n) is 12.1. The Labute approximate surface area is 123 Å². The van der Waals surface area contributed by atoms with E-state index in [9.17, 15) is 9.59 Å². The van der Waals surface area contributed by atoms with Gasteiger partial charge in [0.1, 0.15) is 12.1 Å². The van der Waals surface area contributed by atoms with Crippen molar-refractivity contribution >= 4 is 23.2 Å². The predicted octanol–water partition coefficient (Wildman–Crippen LogP) is 1.45. The molecular formula is C14H21N3O2S. The average molecular weight is 295 g/mol. The fourth-order valence-corrected chi connectivity index (χ4v) is 3.11. The van der Waals surface area contributed by atoms with Crippen LogP contribution in [0, 0.1) is 5.92 Å². The number of amides is 2. The average Bonchev–Trinajstić information content (AvgIpc) is 2.91. The molecule has 6 heteroatoms. The van der Waals surface area contributed by atoms with Gasteiger partial charge in [-0.05, 0) is 12.3 Å². The summed E-state index contributed by atoms with van der Waals surface area (Å²) in [5.41, 5.74) is 0. The molecule has 2 heterocycles. The Morgan fingerprint density at radius 1 is 1.45 bits per heavy atom. The van der Waals surface area contributed by atoms with Crippen LogP contribution in [0.5, 0.6) is 0 Å². The topological polar surface area (TPSA) is 62.3 Å². The standard InChI is InChI=1S/C14H21N3O2S/c1-4-10-13(18)16-12(9(2)3)14(19)17(10)7-5-11-15-6-8-20-11/h6,8-10,12H,4-5,7H2,1-3H3,(H,16,18). The van der Waals surface area contributed by atoms with Gasteiger partial charge in [0.05, 0.1) is 5.01 Å². The molecule has 1 fully saturated rings. The summed E-state index contributed by atoms with van der Waals surface area (Å²) in [6.45, 7) is 6.40. The molecule has 20 heavy (non-hydrogen) atoms. The van der Waals surface area contributed by atoms with Gasteiger partial charge in [-0.3, -0.25) is 9.59 Å². The molecule has 1 aliphatic rings. The maximum absolute atomic E-state index is 12.5. The van der Waals surface area contributed by atoms with Gasteiger partial charge in [-0.1, -0.05) is 20.8 Å². The number of carbonyl (C=O) groups excluding carboxylic acids is 2. The molecular weight excluding hydrogens is 274 g/mol. The van der Waals surface area contributed by atoms with Gasteiger partial charge in [0.2, 0.25) is 11.8 Å². The molecule has 0 aliphatic carbocycles. The number of nitrogens with zero attached hydrogens (tertiary/aromatic N) is 2. The van der Waals surface area contributed by atoms with Crippen LogP contribution in [0.1, 0.15) is 32.2 Å². The van der Waals surface area contributed by atoms with E-state index in [0.29, 0.717) is 19.4 Å². The highest BCUT2D eigenvalue weighted by Gasteiger charge is 2.40. The number of thiazole rings is 1. The SMILES string of the molecule is CCC1C(=O)NC(C(C)C)C(=O)N1CCc1nccs1. The minimum atomic E-state index is -0.401. The second kappa shape index (κ2) is 6.35. The molecule has 2 unspecified atom stereocenters. The molecule has 0 aromatic carbocycles. The van der Waals surface area contributed by atoms with E-state index in [1.54, 1.807) is 22.4 Å². The van der Waals surface area contributed by atoms with Crippen LogP contribution in [-0.4, -0.2) is 40.3 Å². The summed E-state index contributed by atoms with van der Waals surface area (Å²) < 4.78 is 0. The lowest BCUT2D eigenvalue weighted by Gasteiger charge is -2.40. The summed E-state index contributed by atoms with van der Waals surface area (Å²) >= 11 is 1.58. The normalized spacial score (nSPS) is 23.3. The molecule has 0 radical (unpaired) electrons. The third-order valence-corrected chi connectivity index (χ3v) is 4.47. The molecule has 1 aromatic heterocycles. The maximum Gasteiger partial charge on any atom is 0.246 e. The van der Waals surface area contributed by atoms with Gasteiger partial charge in [0.15, 0.2) is 0 Å². The second-order valence-corrected chi connectivity index (χ2v) is 6.34. The molecule has 110 valence electrons. The molecule has 2 rings (SSSR count). The number of aromatic nitrogens is 1. The third kappa shape index (κ3) is 3.00. The molecule has 2 amide bonds. The third-order valence-electron chi connectivity index (χ3n) is 3.63. The Morgan fingerprint density at radius 3 is 2.75 bits per heavy atom. The van der Waals surface area contributed by atoms with E-state index in [1.165, 1.54) is 0 Å². The van der Waals surface area contributed by atoms with Crippen molar-refractivity contribution in [3.8, 4) is 0 Å². The van der Waals surface area contributed by atoms with Crippen molar-refractivity contribution in [2.24, 2.45) is 5.92 Å². The van der Waals surface area contributed by atoms with Gasteiger partial charge in [-0.2, -0.15) is 0 Å². The van der Waals surface area contributed by atoms with Crippen LogP contribution in [0.15, 0.2) is 11.6 Å². The van der Waals surface area contributed by atoms with Crippen LogP contribution in [0.3, 0.4) is 0 Å². The number of hydrogen-bond acceptors (Lipinski definition) is 4. The van der Waals surface area contributed by atoms with E-state index >= 15 is 0 Å². The number of carbonyl (C=O) groups is 2. The molecule has 1 aliphatic heterocycles. The summed E-state index contributed by atoms with van der Waals surface area (Å²) in [5, 5.41) is 5.77. The number of hydrogen-bond donors (Lipinski definition) is 1. The van der Waals surface area contributed by atoms with Crippen LogP contribution in [0.2, 0.25) is 0 Å². The lowest BCUT2D eigenvalue weighted by Crippen LogP contribution is -2.64. The molecule has 2 atom stereocenters.